The van der Waals surface area contributed by atoms with Gasteiger partial charge in [-0.1, -0.05) is 55.4 Å². The van der Waals surface area contributed by atoms with Gasteiger partial charge in [-0.05, 0) is 217 Å². The predicted octanol–water partition coefficient (Wildman–Crippen LogP) is 10.9. The molecule has 4 aromatic carbocycles. The Hall–Kier alpha value is -5.04. The molecule has 16 heteroatoms. The number of benzene rings is 4. The normalized spacial score (nSPS) is 28.3. The number of rotatable bonds is 12. The molecule has 8 aliphatic rings. The van der Waals surface area contributed by atoms with Crippen LogP contribution >= 0.6 is 0 Å². The van der Waals surface area contributed by atoms with Gasteiger partial charge in [-0.15, -0.1) is 0 Å². The summed E-state index contributed by atoms with van der Waals surface area (Å²) in [6.07, 6.45) is 10.3. The van der Waals surface area contributed by atoms with Crippen LogP contribution < -0.4 is 18.9 Å². The van der Waals surface area contributed by atoms with Crippen LogP contribution in [-0.4, -0.2) is 166 Å². The number of piperidine rings is 4. The fourth-order valence-electron chi connectivity index (χ4n) is 16.4. The highest BCUT2D eigenvalue weighted by molar-refractivity contribution is 5.52. The van der Waals surface area contributed by atoms with Crippen molar-refractivity contribution in [3.63, 3.8) is 0 Å². The Morgan fingerprint density at radius 3 is 0.705 bits per heavy atom. The van der Waals surface area contributed by atoms with Gasteiger partial charge in [-0.25, -0.2) is 0 Å². The average molecular weight is 1220 g/mol. The van der Waals surface area contributed by atoms with Crippen molar-refractivity contribution < 1.29 is 59.8 Å². The summed E-state index contributed by atoms with van der Waals surface area (Å²) in [4.78, 5) is 9.92. The number of methoxy groups -OCH3 is 4. The van der Waals surface area contributed by atoms with Gasteiger partial charge in [0.25, 0.3) is 0 Å². The highest BCUT2D eigenvalue weighted by atomic mass is 16.5. The van der Waals surface area contributed by atoms with E-state index in [0.717, 1.165) is 152 Å². The van der Waals surface area contributed by atoms with Gasteiger partial charge in [0, 0.05) is 76.5 Å². The maximum atomic E-state index is 10.5. The van der Waals surface area contributed by atoms with Crippen LogP contribution in [0.4, 0.5) is 0 Å². The molecule has 4 saturated heterocycles. The molecule has 12 atom stereocenters. The van der Waals surface area contributed by atoms with E-state index in [9.17, 15) is 40.9 Å². The minimum atomic E-state index is -0.251. The van der Waals surface area contributed by atoms with Crippen molar-refractivity contribution in [3.05, 3.63) is 93.0 Å². The number of phenolic OH excluding ortho intramolecular Hbond substituents is 4. The summed E-state index contributed by atoms with van der Waals surface area (Å²) in [5.74, 6) is 6.87. The monoisotopic (exact) mass is 1220 g/mol. The summed E-state index contributed by atoms with van der Waals surface area (Å²) in [5, 5.41) is 82.5. The van der Waals surface area contributed by atoms with Crippen molar-refractivity contribution in [2.24, 2.45) is 47.3 Å². The Bertz CT molecular complexity index is 2560. The zero-order valence-corrected chi connectivity index (χ0v) is 55.0. The molecule has 0 unspecified atom stereocenters. The lowest BCUT2D eigenvalue weighted by Crippen LogP contribution is -2.48. The van der Waals surface area contributed by atoms with Crippen LogP contribution in [-0.2, 0) is 25.7 Å². The predicted molar refractivity (Wildman–Crippen MR) is 345 cm³/mol. The number of nitrogens with zero attached hydrogens (tertiary/aromatic N) is 4. The van der Waals surface area contributed by atoms with Gasteiger partial charge in [0.1, 0.15) is 0 Å². The fraction of sp³-hybridized carbons (Fsp3) is 0.667. The first-order valence-corrected chi connectivity index (χ1v) is 33.2. The van der Waals surface area contributed by atoms with Crippen molar-refractivity contribution in [2.75, 3.05) is 80.8 Å². The molecule has 0 spiro atoms. The van der Waals surface area contributed by atoms with E-state index in [-0.39, 0.29) is 71.6 Å². The number of ether oxygens (including phenoxy) is 4. The van der Waals surface area contributed by atoms with Crippen LogP contribution in [0.25, 0.3) is 0 Å². The Morgan fingerprint density at radius 1 is 0.341 bits per heavy atom. The zero-order valence-electron chi connectivity index (χ0n) is 55.0. The highest BCUT2D eigenvalue weighted by Crippen LogP contribution is 2.48. The van der Waals surface area contributed by atoms with Gasteiger partial charge in [0.15, 0.2) is 46.0 Å². The molecule has 8 N–H and O–H groups in total. The molecule has 0 radical (unpaired) electrons. The van der Waals surface area contributed by atoms with E-state index < -0.39 is 0 Å². The molecule has 16 nitrogen and oxygen atoms in total. The third kappa shape index (κ3) is 15.5. The number of phenols is 4. The molecule has 88 heavy (non-hydrogen) atoms. The van der Waals surface area contributed by atoms with Crippen LogP contribution in [0.1, 0.15) is 175 Å². The summed E-state index contributed by atoms with van der Waals surface area (Å²) < 4.78 is 20.9. The lowest BCUT2D eigenvalue weighted by atomic mass is 9.79. The lowest BCUT2D eigenvalue weighted by Gasteiger charge is -2.46. The molecule has 0 aliphatic carbocycles. The van der Waals surface area contributed by atoms with Gasteiger partial charge < -0.3 is 59.8 Å². The third-order valence-corrected chi connectivity index (χ3v) is 20.6. The Balaban J connectivity index is 0.000000140. The van der Waals surface area contributed by atoms with Crippen LogP contribution in [0, 0.1) is 47.3 Å². The molecule has 0 amide bonds. The molecule has 12 rings (SSSR count). The first-order chi connectivity index (χ1) is 42.0. The molecular formula is C72H108N4O12. The van der Waals surface area contributed by atoms with Crippen LogP contribution in [0.2, 0.25) is 0 Å². The minimum absolute atomic E-state index is 0.196. The zero-order chi connectivity index (χ0) is 63.4. The van der Waals surface area contributed by atoms with E-state index in [1.54, 1.807) is 28.4 Å². The number of aliphatic hydroxyl groups is 4. The molecule has 8 heterocycles. The first-order valence-electron chi connectivity index (χ1n) is 33.2. The van der Waals surface area contributed by atoms with Crippen molar-refractivity contribution in [1.29, 1.82) is 0 Å². The van der Waals surface area contributed by atoms with Crippen LogP contribution in [0.15, 0.2) is 48.5 Å². The molecule has 4 aromatic rings. The molecular weight excluding hydrogens is 1110 g/mol. The summed E-state index contributed by atoms with van der Waals surface area (Å²) in [6.45, 7) is 25.6. The van der Waals surface area contributed by atoms with E-state index in [4.69, 9.17) is 18.9 Å². The lowest BCUT2D eigenvalue weighted by molar-refractivity contribution is -0.0192. The van der Waals surface area contributed by atoms with Crippen molar-refractivity contribution in [2.45, 2.75) is 181 Å². The number of hydrogen-bond acceptors (Lipinski definition) is 16. The molecule has 488 valence electrons. The first kappa shape index (κ1) is 67.4. The summed E-state index contributed by atoms with van der Waals surface area (Å²) >= 11 is 0. The SMILES string of the molecule is COc1cc2c(cc1O)[C@@H]1C[C@@H](O)[C@@H](CC(C)C)CN1CC2.COc1cc2c(cc1O)[C@@H]1C[C@H](O)[C@@H](CC(C)C)CN1CC2.COc1cc2c(cc1O)[C@H]1C[C@@H](O)[C@H](CC(C)C)CN1CC2.COc1cc2c(cc1O)[C@H]1C[C@H](O)[C@H](CC(C)C)CN1CC2. The molecule has 4 fully saturated rings. The summed E-state index contributed by atoms with van der Waals surface area (Å²) in [5.41, 5.74) is 9.60. The number of aliphatic hydroxyl groups excluding tert-OH is 4. The van der Waals surface area contributed by atoms with E-state index in [0.29, 0.717) is 70.3 Å². The quantitative estimate of drug-likeness (QED) is 0.0663. The van der Waals surface area contributed by atoms with E-state index >= 15 is 0 Å². The van der Waals surface area contributed by atoms with Gasteiger partial charge >= 0.3 is 0 Å². The van der Waals surface area contributed by atoms with E-state index in [2.05, 4.69) is 75.0 Å². The van der Waals surface area contributed by atoms with Gasteiger partial charge in [-0.2, -0.15) is 0 Å². The second kappa shape index (κ2) is 29.5. The van der Waals surface area contributed by atoms with E-state index in [1.165, 1.54) is 22.3 Å². The fourth-order valence-corrected chi connectivity index (χ4v) is 16.4. The average Bonchev–Trinajstić information content (AvgIpc) is 0.956. The second-order valence-corrected chi connectivity index (χ2v) is 28.7. The number of hydrogen-bond donors (Lipinski definition) is 8. The Kier molecular flexibility index (Phi) is 22.6. The topological polar surface area (TPSA) is 212 Å². The molecule has 0 saturated carbocycles. The van der Waals surface area contributed by atoms with Crippen LogP contribution in [0.3, 0.4) is 0 Å². The van der Waals surface area contributed by atoms with Gasteiger partial charge in [0.05, 0.1) is 52.9 Å². The number of fused-ring (bicyclic) bond motifs is 12. The van der Waals surface area contributed by atoms with E-state index in [1.807, 2.05) is 48.5 Å². The molecule has 0 aromatic heterocycles. The largest absolute Gasteiger partial charge is 0.504 e. The van der Waals surface area contributed by atoms with Gasteiger partial charge in [0.2, 0.25) is 0 Å². The second-order valence-electron chi connectivity index (χ2n) is 28.7. The summed E-state index contributed by atoms with van der Waals surface area (Å²) in [6, 6.07) is 16.0. The Labute approximate surface area is 525 Å². The van der Waals surface area contributed by atoms with Crippen molar-refractivity contribution in [3.8, 4) is 46.0 Å². The number of aromatic hydroxyl groups is 4. The van der Waals surface area contributed by atoms with Crippen LogP contribution in [0.5, 0.6) is 46.0 Å². The maximum Gasteiger partial charge on any atom is 0.160 e. The van der Waals surface area contributed by atoms with Gasteiger partial charge in [-0.3, -0.25) is 19.6 Å². The van der Waals surface area contributed by atoms with Crippen molar-refractivity contribution >= 4 is 0 Å². The minimum Gasteiger partial charge on any atom is -0.504 e. The maximum absolute atomic E-state index is 10.5. The third-order valence-electron chi connectivity index (χ3n) is 20.6. The van der Waals surface area contributed by atoms with Crippen molar-refractivity contribution in [1.82, 2.24) is 19.6 Å². The summed E-state index contributed by atoms with van der Waals surface area (Å²) in [7, 11) is 6.32. The Morgan fingerprint density at radius 2 is 0.534 bits per heavy atom. The highest BCUT2D eigenvalue weighted by Gasteiger charge is 2.43. The molecule has 8 aliphatic heterocycles. The smallest absolute Gasteiger partial charge is 0.160 e. The molecule has 0 bridgehead atoms. The standard InChI is InChI=1S/4C18H27NO3/c4*1-11(2)6-13-10-19-5-4-12-7-18(22-3)17(21)8-14(12)15(19)9-16(13)20/h4*7-8,11,13,15-16,20-21H,4-6,9-10H2,1-3H3/t2*13-,15-,16+;2*13-,15-,16-/m1010/s1.